The number of guanidine groups is 1. The molecule has 0 aliphatic rings. The molecule has 7 heteroatoms. The van der Waals surface area contributed by atoms with Gasteiger partial charge in [0.1, 0.15) is 0 Å². The summed E-state index contributed by atoms with van der Waals surface area (Å²) in [5, 5.41) is 18.3. The lowest BCUT2D eigenvalue weighted by Crippen LogP contribution is -2.39. The van der Waals surface area contributed by atoms with Gasteiger partial charge in [0.25, 0.3) is 0 Å². The van der Waals surface area contributed by atoms with Gasteiger partial charge in [0.05, 0.1) is 0 Å². The first-order valence-corrected chi connectivity index (χ1v) is 3.37. The molecule has 0 saturated carbocycles. The van der Waals surface area contributed by atoms with Crippen LogP contribution in [0, 0.1) is 5.41 Å². The van der Waals surface area contributed by atoms with Gasteiger partial charge in [-0.1, -0.05) is 0 Å². The third kappa shape index (κ3) is 5.30. The highest BCUT2D eigenvalue weighted by molar-refractivity contribution is 5.74. The summed E-state index contributed by atoms with van der Waals surface area (Å²) in [6, 6.07) is 0. The summed E-state index contributed by atoms with van der Waals surface area (Å²) in [7, 11) is 0. The highest BCUT2D eigenvalue weighted by Gasteiger charge is 2.03. The summed E-state index contributed by atoms with van der Waals surface area (Å²) in [6.45, 7) is 0.659. The molecule has 0 atom stereocenters. The van der Waals surface area contributed by atoms with Gasteiger partial charge in [0, 0.05) is 13.1 Å². The number of hydrogen-bond acceptors (Lipinski definition) is 3. The quantitative estimate of drug-likeness (QED) is 0.0906. The highest BCUT2D eigenvalue weighted by Crippen LogP contribution is 1.82. The van der Waals surface area contributed by atoms with Gasteiger partial charge in [-0.3, -0.25) is 5.41 Å². The molecule has 0 bridgehead atoms. The molecule has 0 unspecified atom stereocenters. The molecule has 0 fully saturated rings. The number of hydrazine groups is 1. The summed E-state index contributed by atoms with van der Waals surface area (Å²) in [5.41, 5.74) is 4.98. The van der Waals surface area contributed by atoms with Gasteiger partial charge in [0.2, 0.25) is 0 Å². The standard InChI is InChI=1S/C5H13N5O2/c6-4(7)9-2-1-3-10(8)5(11)12/h1-3,8H2,(H,11,12)(H4,6,7,9). The van der Waals surface area contributed by atoms with Crippen LogP contribution in [0.1, 0.15) is 6.42 Å². The Morgan fingerprint density at radius 2 is 2.25 bits per heavy atom. The van der Waals surface area contributed by atoms with Crippen molar-refractivity contribution in [3.8, 4) is 0 Å². The number of hydrogen-bond donors (Lipinski definition) is 5. The maximum Gasteiger partial charge on any atom is 0.421 e. The number of nitrogens with zero attached hydrogens (tertiary/aromatic N) is 1. The van der Waals surface area contributed by atoms with E-state index in [9.17, 15) is 4.79 Å². The van der Waals surface area contributed by atoms with Gasteiger partial charge >= 0.3 is 6.09 Å². The predicted octanol–water partition coefficient (Wildman–Crippen LogP) is -1.29. The van der Waals surface area contributed by atoms with Crippen LogP contribution in [-0.4, -0.2) is 35.3 Å². The molecule has 0 radical (unpaired) electrons. The molecule has 0 aliphatic heterocycles. The summed E-state index contributed by atoms with van der Waals surface area (Å²) < 4.78 is 0. The van der Waals surface area contributed by atoms with Crippen molar-refractivity contribution in [2.45, 2.75) is 6.42 Å². The number of carbonyl (C=O) groups is 1. The van der Waals surface area contributed by atoms with Crippen LogP contribution in [0.15, 0.2) is 0 Å². The van der Waals surface area contributed by atoms with E-state index in [1.165, 1.54) is 0 Å². The smallest absolute Gasteiger partial charge is 0.421 e. The summed E-state index contributed by atoms with van der Waals surface area (Å²) in [4.78, 5) is 10.1. The van der Waals surface area contributed by atoms with E-state index in [1.807, 2.05) is 0 Å². The van der Waals surface area contributed by atoms with Crippen molar-refractivity contribution in [3.63, 3.8) is 0 Å². The second-order valence-electron chi connectivity index (χ2n) is 2.17. The zero-order valence-electron chi connectivity index (χ0n) is 6.58. The largest absolute Gasteiger partial charge is 0.464 e. The highest BCUT2D eigenvalue weighted by atomic mass is 16.4. The number of nitrogens with one attached hydrogen (secondary N) is 2. The Labute approximate surface area is 69.8 Å². The number of amides is 1. The van der Waals surface area contributed by atoms with E-state index in [0.29, 0.717) is 18.0 Å². The molecule has 7 nitrogen and oxygen atoms in total. The van der Waals surface area contributed by atoms with Crippen LogP contribution in [0.2, 0.25) is 0 Å². The molecule has 0 rings (SSSR count). The fourth-order valence-corrected chi connectivity index (χ4v) is 0.568. The Hall–Kier alpha value is -1.50. The minimum absolute atomic E-state index is 0.131. The first-order valence-electron chi connectivity index (χ1n) is 3.37. The molecular weight excluding hydrogens is 162 g/mol. The first kappa shape index (κ1) is 10.5. The van der Waals surface area contributed by atoms with Crippen LogP contribution in [-0.2, 0) is 0 Å². The lowest BCUT2D eigenvalue weighted by Gasteiger charge is -2.11. The van der Waals surface area contributed by atoms with E-state index in [2.05, 4.69) is 5.32 Å². The molecule has 0 aliphatic carbocycles. The Kier molecular flexibility index (Phi) is 4.54. The topological polar surface area (TPSA) is 128 Å². The Morgan fingerprint density at radius 3 is 2.67 bits per heavy atom. The summed E-state index contributed by atoms with van der Waals surface area (Å²) in [5.74, 6) is 4.92. The monoisotopic (exact) mass is 175 g/mol. The van der Waals surface area contributed by atoms with E-state index >= 15 is 0 Å². The number of carboxylic acid groups (broad SMARTS) is 1. The lowest BCUT2D eigenvalue weighted by atomic mass is 10.4. The van der Waals surface area contributed by atoms with E-state index in [0.717, 1.165) is 0 Å². The van der Waals surface area contributed by atoms with Crippen LogP contribution < -0.4 is 16.9 Å². The molecule has 12 heavy (non-hydrogen) atoms. The van der Waals surface area contributed by atoms with Crippen LogP contribution in [0.5, 0.6) is 0 Å². The number of nitrogens with two attached hydrogens (primary N) is 2. The SMILES string of the molecule is N=C(N)NCCCN(N)C(=O)O. The third-order valence-corrected chi connectivity index (χ3v) is 1.14. The van der Waals surface area contributed by atoms with Crippen LogP contribution in [0.25, 0.3) is 0 Å². The van der Waals surface area contributed by atoms with Crippen molar-refractivity contribution in [2.75, 3.05) is 13.1 Å². The van der Waals surface area contributed by atoms with Crippen molar-refractivity contribution in [3.05, 3.63) is 0 Å². The van der Waals surface area contributed by atoms with Gasteiger partial charge in [0.15, 0.2) is 5.96 Å². The second-order valence-corrected chi connectivity index (χ2v) is 2.17. The summed E-state index contributed by atoms with van der Waals surface area (Å²) >= 11 is 0. The van der Waals surface area contributed by atoms with Crippen molar-refractivity contribution in [1.29, 1.82) is 5.41 Å². The maximum absolute atomic E-state index is 10.1. The molecule has 0 aromatic rings. The molecule has 0 aromatic heterocycles. The van der Waals surface area contributed by atoms with E-state index in [-0.39, 0.29) is 12.5 Å². The minimum Gasteiger partial charge on any atom is -0.464 e. The molecule has 0 spiro atoms. The van der Waals surface area contributed by atoms with Crippen LogP contribution in [0.3, 0.4) is 0 Å². The Balaban J connectivity index is 3.31. The predicted molar refractivity (Wildman–Crippen MR) is 43.5 cm³/mol. The van der Waals surface area contributed by atoms with E-state index in [4.69, 9.17) is 22.1 Å². The molecule has 70 valence electrons. The van der Waals surface area contributed by atoms with Gasteiger partial charge in [-0.15, -0.1) is 0 Å². The van der Waals surface area contributed by atoms with Gasteiger partial charge in [-0.05, 0) is 6.42 Å². The molecule has 0 saturated heterocycles. The average Bonchev–Trinajstić information content (AvgIpc) is 1.97. The average molecular weight is 175 g/mol. The Morgan fingerprint density at radius 1 is 1.67 bits per heavy atom. The zero-order chi connectivity index (χ0) is 9.56. The minimum atomic E-state index is -1.17. The molecule has 0 heterocycles. The second kappa shape index (κ2) is 5.19. The Bertz CT molecular complexity index is 171. The molecule has 0 aromatic carbocycles. The van der Waals surface area contributed by atoms with Crippen molar-refractivity contribution in [1.82, 2.24) is 10.3 Å². The molecular formula is C5H13N5O2. The van der Waals surface area contributed by atoms with Gasteiger partial charge in [-0.25, -0.2) is 15.6 Å². The zero-order valence-corrected chi connectivity index (χ0v) is 6.58. The van der Waals surface area contributed by atoms with Crippen molar-refractivity contribution in [2.24, 2.45) is 11.6 Å². The van der Waals surface area contributed by atoms with Gasteiger partial charge < -0.3 is 16.2 Å². The maximum atomic E-state index is 10.1. The molecule has 7 N–H and O–H groups in total. The number of rotatable bonds is 4. The molecule has 1 amide bonds. The van der Waals surface area contributed by atoms with Crippen molar-refractivity contribution >= 4 is 12.1 Å². The fourth-order valence-electron chi connectivity index (χ4n) is 0.568. The third-order valence-electron chi connectivity index (χ3n) is 1.14. The first-order chi connectivity index (χ1) is 5.54. The lowest BCUT2D eigenvalue weighted by molar-refractivity contribution is 0.145. The van der Waals surface area contributed by atoms with Crippen molar-refractivity contribution < 1.29 is 9.90 Å². The fraction of sp³-hybridized carbons (Fsp3) is 0.600. The van der Waals surface area contributed by atoms with Gasteiger partial charge in [-0.2, -0.15) is 0 Å². The summed E-state index contributed by atoms with van der Waals surface area (Å²) in [6.07, 6.45) is -0.652. The normalized spacial score (nSPS) is 9.08. The van der Waals surface area contributed by atoms with E-state index < -0.39 is 6.09 Å². The van der Waals surface area contributed by atoms with Crippen LogP contribution >= 0.6 is 0 Å². The van der Waals surface area contributed by atoms with E-state index in [1.54, 1.807) is 0 Å². The van der Waals surface area contributed by atoms with Crippen LogP contribution in [0.4, 0.5) is 4.79 Å².